The molecular formula is C12H18BClN2O3. The third-order valence-electron chi connectivity index (χ3n) is 3.57. The summed E-state index contributed by atoms with van der Waals surface area (Å²) in [5.41, 5.74) is -0.342. The van der Waals surface area contributed by atoms with E-state index in [0.717, 1.165) is 0 Å². The molecule has 1 fully saturated rings. The van der Waals surface area contributed by atoms with Crippen molar-refractivity contribution in [1.82, 2.24) is 9.97 Å². The fourth-order valence-electron chi connectivity index (χ4n) is 1.77. The maximum absolute atomic E-state index is 6.14. The third-order valence-corrected chi connectivity index (χ3v) is 3.87. The molecule has 0 spiro atoms. The molecular weight excluding hydrogens is 266 g/mol. The van der Waals surface area contributed by atoms with E-state index in [0.29, 0.717) is 17.9 Å². The molecule has 2 heterocycles. The average molecular weight is 285 g/mol. The van der Waals surface area contributed by atoms with Crippen LogP contribution in [0.1, 0.15) is 34.6 Å². The quantitative estimate of drug-likeness (QED) is 0.626. The molecule has 1 aliphatic heterocycles. The molecule has 0 bridgehead atoms. The number of hydrogen-bond donors (Lipinski definition) is 0. The molecule has 0 atom stereocenters. The van der Waals surface area contributed by atoms with E-state index in [1.54, 1.807) is 0 Å². The van der Waals surface area contributed by atoms with Gasteiger partial charge in [-0.05, 0) is 34.6 Å². The van der Waals surface area contributed by atoms with E-state index >= 15 is 0 Å². The van der Waals surface area contributed by atoms with E-state index in [2.05, 4.69) is 9.97 Å². The van der Waals surface area contributed by atoms with Gasteiger partial charge in [0, 0.05) is 0 Å². The highest BCUT2D eigenvalue weighted by Gasteiger charge is 2.53. The van der Waals surface area contributed by atoms with Crippen LogP contribution in [-0.2, 0) is 9.31 Å². The van der Waals surface area contributed by atoms with Crippen molar-refractivity contribution >= 4 is 24.2 Å². The molecule has 0 amide bonds. The molecule has 19 heavy (non-hydrogen) atoms. The van der Waals surface area contributed by atoms with Gasteiger partial charge in [-0.2, -0.15) is 0 Å². The van der Waals surface area contributed by atoms with Crippen molar-refractivity contribution in [2.24, 2.45) is 0 Å². The first-order valence-electron chi connectivity index (χ1n) is 6.27. The molecule has 104 valence electrons. The normalized spacial score (nSPS) is 20.6. The Morgan fingerprint density at radius 2 is 1.79 bits per heavy atom. The van der Waals surface area contributed by atoms with Crippen LogP contribution in [0.15, 0.2) is 6.33 Å². The Labute approximate surface area is 118 Å². The highest BCUT2D eigenvalue weighted by molar-refractivity contribution is 6.66. The summed E-state index contributed by atoms with van der Waals surface area (Å²) in [5, 5.41) is 0.289. The SMILES string of the molecule is CCOc1ncnc(Cl)c1B1OC(C)(C)C(C)(C)O1. The Hall–Kier alpha value is -0.845. The minimum Gasteiger partial charge on any atom is -0.478 e. The van der Waals surface area contributed by atoms with Gasteiger partial charge in [0.05, 0.1) is 23.3 Å². The van der Waals surface area contributed by atoms with Gasteiger partial charge in [0.1, 0.15) is 11.5 Å². The van der Waals surface area contributed by atoms with Crippen molar-refractivity contribution in [3.05, 3.63) is 11.5 Å². The predicted molar refractivity (Wildman–Crippen MR) is 73.9 cm³/mol. The molecule has 0 N–H and O–H groups in total. The van der Waals surface area contributed by atoms with E-state index in [9.17, 15) is 0 Å². The first-order chi connectivity index (χ1) is 8.78. The maximum Gasteiger partial charge on any atom is 0.503 e. The summed E-state index contributed by atoms with van der Waals surface area (Å²) in [6.07, 6.45) is 1.36. The number of aromatic nitrogens is 2. The van der Waals surface area contributed by atoms with Crippen LogP contribution in [0.4, 0.5) is 0 Å². The molecule has 1 aromatic heterocycles. The van der Waals surface area contributed by atoms with Crippen molar-refractivity contribution in [3.63, 3.8) is 0 Å². The zero-order valence-electron chi connectivity index (χ0n) is 11.9. The van der Waals surface area contributed by atoms with Gasteiger partial charge in [-0.3, -0.25) is 0 Å². The fraction of sp³-hybridized carbons (Fsp3) is 0.667. The number of ether oxygens (including phenoxy) is 1. The zero-order chi connectivity index (χ0) is 14.3. The Kier molecular flexibility index (Phi) is 3.77. The van der Waals surface area contributed by atoms with E-state index in [-0.39, 0.29) is 5.15 Å². The second-order valence-electron chi connectivity index (χ2n) is 5.40. The number of halogens is 1. The molecule has 0 unspecified atom stereocenters. The summed E-state index contributed by atoms with van der Waals surface area (Å²) in [4.78, 5) is 8.07. The van der Waals surface area contributed by atoms with Crippen LogP contribution in [0.3, 0.4) is 0 Å². The Bertz CT molecular complexity index is 466. The lowest BCUT2D eigenvalue weighted by molar-refractivity contribution is 0.00578. The molecule has 1 aromatic rings. The van der Waals surface area contributed by atoms with Crippen LogP contribution in [0.25, 0.3) is 0 Å². The number of rotatable bonds is 3. The lowest BCUT2D eigenvalue weighted by Crippen LogP contribution is -2.41. The van der Waals surface area contributed by atoms with Crippen molar-refractivity contribution in [3.8, 4) is 5.88 Å². The first-order valence-corrected chi connectivity index (χ1v) is 6.65. The van der Waals surface area contributed by atoms with Crippen LogP contribution in [0.2, 0.25) is 5.15 Å². The third kappa shape index (κ3) is 2.57. The summed E-state index contributed by atoms with van der Waals surface area (Å²) >= 11 is 6.14. The molecule has 0 aliphatic carbocycles. The minimum absolute atomic E-state index is 0.289. The molecule has 1 aliphatic rings. The molecule has 1 saturated heterocycles. The van der Waals surface area contributed by atoms with Crippen molar-refractivity contribution in [2.45, 2.75) is 45.8 Å². The van der Waals surface area contributed by atoms with E-state index in [1.807, 2.05) is 34.6 Å². The second kappa shape index (κ2) is 4.92. The number of nitrogens with zero attached hydrogens (tertiary/aromatic N) is 2. The molecule has 0 radical (unpaired) electrons. The number of hydrogen-bond acceptors (Lipinski definition) is 5. The van der Waals surface area contributed by atoms with Gasteiger partial charge < -0.3 is 14.0 Å². The summed E-state index contributed by atoms with van der Waals surface area (Å²) in [6.45, 7) is 10.3. The van der Waals surface area contributed by atoms with Gasteiger partial charge in [-0.15, -0.1) is 0 Å². The average Bonchev–Trinajstić information content (AvgIpc) is 2.48. The highest BCUT2D eigenvalue weighted by atomic mass is 35.5. The molecule has 5 nitrogen and oxygen atoms in total. The van der Waals surface area contributed by atoms with Crippen molar-refractivity contribution in [2.75, 3.05) is 6.61 Å². The highest BCUT2D eigenvalue weighted by Crippen LogP contribution is 2.37. The van der Waals surface area contributed by atoms with Crippen LogP contribution in [0.5, 0.6) is 5.88 Å². The summed E-state index contributed by atoms with van der Waals surface area (Å²) in [7, 11) is -0.625. The van der Waals surface area contributed by atoms with Crippen LogP contribution >= 0.6 is 11.6 Å². The maximum atomic E-state index is 6.14. The van der Waals surface area contributed by atoms with Crippen LogP contribution < -0.4 is 10.2 Å². The van der Waals surface area contributed by atoms with Crippen molar-refractivity contribution < 1.29 is 14.0 Å². The van der Waals surface area contributed by atoms with Crippen LogP contribution in [-0.4, -0.2) is 34.9 Å². The van der Waals surface area contributed by atoms with E-state index in [1.165, 1.54) is 6.33 Å². The molecule has 0 saturated carbocycles. The monoisotopic (exact) mass is 284 g/mol. The summed E-state index contributed by atoms with van der Waals surface area (Å²) < 4.78 is 17.4. The Balaban J connectivity index is 2.39. The van der Waals surface area contributed by atoms with Gasteiger partial charge >= 0.3 is 7.12 Å². The van der Waals surface area contributed by atoms with E-state index in [4.69, 9.17) is 25.6 Å². The summed E-state index contributed by atoms with van der Waals surface area (Å²) in [6, 6.07) is 0. The fourth-order valence-corrected chi connectivity index (χ4v) is 1.98. The van der Waals surface area contributed by atoms with E-state index < -0.39 is 18.3 Å². The van der Waals surface area contributed by atoms with Crippen LogP contribution in [0, 0.1) is 0 Å². The smallest absolute Gasteiger partial charge is 0.478 e. The lowest BCUT2D eigenvalue weighted by atomic mass is 9.80. The molecule has 7 heteroatoms. The topological polar surface area (TPSA) is 53.5 Å². The predicted octanol–water partition coefficient (Wildman–Crippen LogP) is 1.83. The van der Waals surface area contributed by atoms with Gasteiger partial charge in [0.15, 0.2) is 0 Å². The van der Waals surface area contributed by atoms with Gasteiger partial charge in [0.25, 0.3) is 0 Å². The largest absolute Gasteiger partial charge is 0.503 e. The van der Waals surface area contributed by atoms with Gasteiger partial charge in [-0.25, -0.2) is 9.97 Å². The zero-order valence-corrected chi connectivity index (χ0v) is 12.6. The Morgan fingerprint density at radius 3 is 2.32 bits per heavy atom. The Morgan fingerprint density at radius 1 is 1.21 bits per heavy atom. The lowest BCUT2D eigenvalue weighted by Gasteiger charge is -2.32. The first kappa shape index (κ1) is 14.6. The second-order valence-corrected chi connectivity index (χ2v) is 5.76. The molecule has 2 rings (SSSR count). The van der Waals surface area contributed by atoms with Gasteiger partial charge in [0.2, 0.25) is 5.88 Å². The summed E-state index contributed by atoms with van der Waals surface area (Å²) in [5.74, 6) is 0.404. The van der Waals surface area contributed by atoms with Gasteiger partial charge in [-0.1, -0.05) is 11.6 Å². The minimum atomic E-state index is -0.625. The van der Waals surface area contributed by atoms with Crippen molar-refractivity contribution in [1.29, 1.82) is 0 Å². The standard InChI is InChI=1S/C12H18BClN2O3/c1-6-17-10-8(9(14)15-7-16-10)13-18-11(2,3)12(4,5)19-13/h7H,6H2,1-5H3. The molecule has 0 aromatic carbocycles.